The lowest BCUT2D eigenvalue weighted by molar-refractivity contribution is -0.136. The number of halogens is 1. The summed E-state index contributed by atoms with van der Waals surface area (Å²) in [6.07, 6.45) is 1.50. The van der Waals surface area contributed by atoms with E-state index in [1.807, 2.05) is 32.0 Å². The molecule has 0 aromatic heterocycles. The number of nitrogens with zero attached hydrogens (tertiary/aromatic N) is 1. The van der Waals surface area contributed by atoms with Gasteiger partial charge in [0.1, 0.15) is 11.5 Å². The zero-order valence-electron chi connectivity index (χ0n) is 14.7. The highest BCUT2D eigenvalue weighted by Crippen LogP contribution is 2.31. The number of anilines is 1. The van der Waals surface area contributed by atoms with Gasteiger partial charge in [0.2, 0.25) is 0 Å². The molecule has 2 amide bonds. The average Bonchev–Trinajstić information content (AvgIpc) is 2.82. The third kappa shape index (κ3) is 3.16. The topological polar surface area (TPSA) is 49.4 Å². The lowest BCUT2D eigenvalue weighted by atomic mass is 9.99. The molecule has 26 heavy (non-hydrogen) atoms. The van der Waals surface area contributed by atoms with Crippen LogP contribution in [0, 0.1) is 19.7 Å². The molecule has 4 nitrogen and oxygen atoms in total. The summed E-state index contributed by atoms with van der Waals surface area (Å²) in [5.74, 6) is -1.27. The SMILES string of the molecule is C=CCN1C(=O)C(Nc2cccc(F)c2)=C(c2ccc(C)c(C)c2)C1=O. The number of carbonyl (C=O) groups excluding carboxylic acids is 2. The van der Waals surface area contributed by atoms with Gasteiger partial charge >= 0.3 is 0 Å². The van der Waals surface area contributed by atoms with Gasteiger partial charge in [0, 0.05) is 12.2 Å². The fourth-order valence-corrected chi connectivity index (χ4v) is 2.86. The number of hydrogen-bond donors (Lipinski definition) is 1. The van der Waals surface area contributed by atoms with Gasteiger partial charge in [0.05, 0.1) is 5.57 Å². The summed E-state index contributed by atoms with van der Waals surface area (Å²) in [6, 6.07) is 11.4. The quantitative estimate of drug-likeness (QED) is 0.659. The Balaban J connectivity index is 2.12. The molecule has 5 heteroatoms. The van der Waals surface area contributed by atoms with E-state index in [4.69, 9.17) is 0 Å². The molecule has 1 aliphatic rings. The summed E-state index contributed by atoms with van der Waals surface area (Å²) in [7, 11) is 0. The third-order valence-corrected chi connectivity index (χ3v) is 4.37. The molecule has 0 saturated heterocycles. The summed E-state index contributed by atoms with van der Waals surface area (Å²) in [4.78, 5) is 26.8. The fourth-order valence-electron chi connectivity index (χ4n) is 2.86. The predicted octanol–water partition coefficient (Wildman–Crippen LogP) is 3.82. The van der Waals surface area contributed by atoms with Gasteiger partial charge in [0.25, 0.3) is 11.8 Å². The maximum Gasteiger partial charge on any atom is 0.278 e. The van der Waals surface area contributed by atoms with Gasteiger partial charge in [-0.05, 0) is 48.7 Å². The lowest BCUT2D eigenvalue weighted by Gasteiger charge is -2.12. The van der Waals surface area contributed by atoms with Crippen LogP contribution in [0.5, 0.6) is 0 Å². The molecular formula is C21H19FN2O2. The Morgan fingerprint density at radius 3 is 2.50 bits per heavy atom. The van der Waals surface area contributed by atoms with E-state index in [1.165, 1.54) is 24.3 Å². The first-order chi connectivity index (χ1) is 12.4. The Bertz CT molecular complexity index is 947. The zero-order chi connectivity index (χ0) is 18.8. The molecule has 3 rings (SSSR count). The summed E-state index contributed by atoms with van der Waals surface area (Å²) < 4.78 is 13.5. The second-order valence-corrected chi connectivity index (χ2v) is 6.19. The molecule has 2 aromatic carbocycles. The largest absolute Gasteiger partial charge is 0.350 e. The highest BCUT2D eigenvalue weighted by molar-refractivity contribution is 6.36. The van der Waals surface area contributed by atoms with Gasteiger partial charge in [-0.25, -0.2) is 4.39 Å². The minimum absolute atomic E-state index is 0.111. The molecule has 0 bridgehead atoms. The molecule has 0 unspecified atom stereocenters. The predicted molar refractivity (Wildman–Crippen MR) is 99.8 cm³/mol. The van der Waals surface area contributed by atoms with E-state index in [0.29, 0.717) is 11.3 Å². The number of imide groups is 1. The van der Waals surface area contributed by atoms with Crippen molar-refractivity contribution >= 4 is 23.1 Å². The Kier molecular flexibility index (Phi) is 4.71. The van der Waals surface area contributed by atoms with E-state index in [0.717, 1.165) is 16.0 Å². The molecule has 132 valence electrons. The monoisotopic (exact) mass is 350 g/mol. The number of hydrogen-bond acceptors (Lipinski definition) is 3. The maximum absolute atomic E-state index is 13.5. The van der Waals surface area contributed by atoms with Crippen LogP contribution in [0.3, 0.4) is 0 Å². The number of nitrogens with one attached hydrogen (secondary N) is 1. The molecule has 0 fully saturated rings. The fraction of sp³-hybridized carbons (Fsp3) is 0.143. The van der Waals surface area contributed by atoms with E-state index in [-0.39, 0.29) is 17.8 Å². The third-order valence-electron chi connectivity index (χ3n) is 4.37. The first-order valence-corrected chi connectivity index (χ1v) is 8.24. The van der Waals surface area contributed by atoms with Crippen molar-refractivity contribution in [3.05, 3.63) is 83.3 Å². The van der Waals surface area contributed by atoms with Crippen LogP contribution in [0.1, 0.15) is 16.7 Å². The van der Waals surface area contributed by atoms with Gasteiger partial charge in [0.15, 0.2) is 0 Å². The average molecular weight is 350 g/mol. The van der Waals surface area contributed by atoms with Crippen LogP contribution < -0.4 is 5.32 Å². The molecule has 1 N–H and O–H groups in total. The normalized spacial score (nSPS) is 14.2. The molecule has 0 atom stereocenters. The van der Waals surface area contributed by atoms with Gasteiger partial charge < -0.3 is 5.32 Å². The van der Waals surface area contributed by atoms with Crippen molar-refractivity contribution in [1.29, 1.82) is 0 Å². The van der Waals surface area contributed by atoms with Crippen molar-refractivity contribution in [2.24, 2.45) is 0 Å². The van der Waals surface area contributed by atoms with Gasteiger partial charge in [-0.3, -0.25) is 14.5 Å². The van der Waals surface area contributed by atoms with E-state index in [9.17, 15) is 14.0 Å². The second kappa shape index (κ2) is 6.96. The van der Waals surface area contributed by atoms with Crippen molar-refractivity contribution in [2.45, 2.75) is 13.8 Å². The lowest BCUT2D eigenvalue weighted by Crippen LogP contribution is -2.32. The van der Waals surface area contributed by atoms with Gasteiger partial charge in [-0.15, -0.1) is 6.58 Å². The zero-order valence-corrected chi connectivity index (χ0v) is 14.7. The van der Waals surface area contributed by atoms with Gasteiger partial charge in [-0.2, -0.15) is 0 Å². The van der Waals surface area contributed by atoms with Crippen LogP contribution in [-0.4, -0.2) is 23.3 Å². The van der Waals surface area contributed by atoms with Crippen LogP contribution in [0.15, 0.2) is 60.8 Å². The van der Waals surface area contributed by atoms with E-state index < -0.39 is 17.6 Å². The molecule has 0 spiro atoms. The van der Waals surface area contributed by atoms with Crippen LogP contribution in [0.2, 0.25) is 0 Å². The summed E-state index contributed by atoms with van der Waals surface area (Å²) in [5, 5.41) is 2.93. The van der Waals surface area contributed by atoms with Crippen molar-refractivity contribution < 1.29 is 14.0 Å². The van der Waals surface area contributed by atoms with Crippen LogP contribution in [-0.2, 0) is 9.59 Å². The molecule has 1 aliphatic heterocycles. The Labute approximate surface area is 151 Å². The number of aryl methyl sites for hydroxylation is 2. The van der Waals surface area contributed by atoms with Crippen molar-refractivity contribution in [3.63, 3.8) is 0 Å². The van der Waals surface area contributed by atoms with Gasteiger partial charge in [-0.1, -0.05) is 30.3 Å². The maximum atomic E-state index is 13.5. The van der Waals surface area contributed by atoms with Crippen molar-refractivity contribution in [3.8, 4) is 0 Å². The minimum atomic E-state index is -0.451. The number of carbonyl (C=O) groups is 2. The Hall–Kier alpha value is -3.21. The number of benzene rings is 2. The summed E-state index contributed by atoms with van der Waals surface area (Å²) >= 11 is 0. The number of amides is 2. The van der Waals surface area contributed by atoms with Crippen LogP contribution >= 0.6 is 0 Å². The second-order valence-electron chi connectivity index (χ2n) is 6.19. The molecule has 1 heterocycles. The first-order valence-electron chi connectivity index (χ1n) is 8.24. The summed E-state index contributed by atoms with van der Waals surface area (Å²) in [6.45, 7) is 7.64. The molecule has 0 saturated carbocycles. The highest BCUT2D eigenvalue weighted by atomic mass is 19.1. The molecule has 2 aromatic rings. The van der Waals surface area contributed by atoms with E-state index in [2.05, 4.69) is 11.9 Å². The molecule has 0 aliphatic carbocycles. The molecular weight excluding hydrogens is 331 g/mol. The minimum Gasteiger partial charge on any atom is -0.350 e. The van der Waals surface area contributed by atoms with Crippen molar-refractivity contribution in [1.82, 2.24) is 4.90 Å². The standard InChI is InChI=1S/C21H19FN2O2/c1-4-10-24-20(25)18(15-9-8-13(2)14(3)11-15)19(21(24)26)23-17-7-5-6-16(22)12-17/h4-9,11-12,23H,1,10H2,2-3H3. The summed E-state index contributed by atoms with van der Waals surface area (Å²) in [5.41, 5.74) is 3.59. The highest BCUT2D eigenvalue weighted by Gasteiger charge is 2.38. The smallest absolute Gasteiger partial charge is 0.278 e. The van der Waals surface area contributed by atoms with Crippen molar-refractivity contribution in [2.75, 3.05) is 11.9 Å². The van der Waals surface area contributed by atoms with Crippen LogP contribution in [0.4, 0.5) is 10.1 Å². The van der Waals surface area contributed by atoms with Crippen LogP contribution in [0.25, 0.3) is 5.57 Å². The first kappa shape index (κ1) is 17.6. The Morgan fingerprint density at radius 2 is 1.85 bits per heavy atom. The van der Waals surface area contributed by atoms with E-state index in [1.54, 1.807) is 6.07 Å². The number of rotatable bonds is 5. The molecule has 0 radical (unpaired) electrons. The van der Waals surface area contributed by atoms with E-state index >= 15 is 0 Å². The Morgan fingerprint density at radius 1 is 1.08 bits per heavy atom.